The average Bonchev–Trinajstić information content (AvgIpc) is 2.18. The van der Waals surface area contributed by atoms with Crippen molar-refractivity contribution in [3.8, 4) is 5.75 Å². The van der Waals surface area contributed by atoms with Gasteiger partial charge in [-0.25, -0.2) is 13.1 Å². The fraction of sp³-hybridized carbons (Fsp3) is 0.300. The summed E-state index contributed by atoms with van der Waals surface area (Å²) in [7, 11) is -3.37. The Bertz CT molecular complexity index is 464. The Labute approximate surface area is 94.5 Å². The van der Waals surface area contributed by atoms with E-state index in [0.717, 1.165) is 11.8 Å². The van der Waals surface area contributed by atoms with Crippen molar-refractivity contribution in [2.45, 2.75) is 6.92 Å². The van der Waals surface area contributed by atoms with Crippen LogP contribution in [-0.4, -0.2) is 27.2 Å². The maximum absolute atomic E-state index is 11.2. The van der Waals surface area contributed by atoms with Crippen LogP contribution >= 0.6 is 0 Å². The Hall–Kier alpha value is -1.40. The molecular formula is C10H13NO4S. The molecule has 16 heavy (non-hydrogen) atoms. The Kier molecular flexibility index (Phi) is 4.03. The van der Waals surface area contributed by atoms with Gasteiger partial charge in [0.2, 0.25) is 10.0 Å². The average molecular weight is 243 g/mol. The number of hydrogen-bond donors (Lipinski definition) is 1. The fourth-order valence-corrected chi connectivity index (χ4v) is 1.34. The molecule has 5 nitrogen and oxygen atoms in total. The summed E-state index contributed by atoms with van der Waals surface area (Å²) in [5.74, 6) is -0.250. The topological polar surface area (TPSA) is 72.5 Å². The van der Waals surface area contributed by atoms with Gasteiger partial charge in [-0.1, -0.05) is 17.7 Å². The molecule has 0 aromatic heterocycles. The number of benzene rings is 1. The molecule has 0 unspecified atom stereocenters. The minimum absolute atomic E-state index is 0.368. The lowest BCUT2D eigenvalue weighted by Crippen LogP contribution is -2.30. The van der Waals surface area contributed by atoms with E-state index in [-0.39, 0.29) is 6.54 Å². The number of carbonyl (C=O) groups is 1. The van der Waals surface area contributed by atoms with Crippen molar-refractivity contribution in [1.82, 2.24) is 4.72 Å². The highest BCUT2D eigenvalue weighted by atomic mass is 32.2. The van der Waals surface area contributed by atoms with E-state index in [9.17, 15) is 13.2 Å². The van der Waals surface area contributed by atoms with E-state index < -0.39 is 16.0 Å². The number of hydrogen-bond acceptors (Lipinski definition) is 4. The Morgan fingerprint density at radius 3 is 2.38 bits per heavy atom. The maximum Gasteiger partial charge on any atom is 0.326 e. The highest BCUT2D eigenvalue weighted by Crippen LogP contribution is 2.11. The summed E-state index contributed by atoms with van der Waals surface area (Å²) in [5.41, 5.74) is 1.05. The minimum atomic E-state index is -3.37. The van der Waals surface area contributed by atoms with Gasteiger partial charge in [0, 0.05) is 0 Å². The van der Waals surface area contributed by atoms with Gasteiger partial charge in [-0.2, -0.15) is 0 Å². The first-order chi connectivity index (χ1) is 7.37. The van der Waals surface area contributed by atoms with Crippen LogP contribution < -0.4 is 9.46 Å². The van der Waals surface area contributed by atoms with Crippen LogP contribution in [0.3, 0.4) is 0 Å². The van der Waals surface area contributed by atoms with Crippen LogP contribution in [0, 0.1) is 6.92 Å². The molecule has 88 valence electrons. The molecule has 1 aromatic carbocycles. The number of rotatable bonds is 4. The summed E-state index contributed by atoms with van der Waals surface area (Å²) in [6.45, 7) is 1.55. The molecule has 0 amide bonds. The molecule has 0 aliphatic carbocycles. The zero-order valence-electron chi connectivity index (χ0n) is 9.06. The number of esters is 1. The van der Waals surface area contributed by atoms with Crippen molar-refractivity contribution < 1.29 is 17.9 Å². The van der Waals surface area contributed by atoms with E-state index in [1.807, 2.05) is 6.92 Å². The first kappa shape index (κ1) is 12.7. The third-order valence-corrected chi connectivity index (χ3v) is 2.40. The lowest BCUT2D eigenvalue weighted by atomic mass is 10.2. The van der Waals surface area contributed by atoms with E-state index in [0.29, 0.717) is 5.75 Å². The lowest BCUT2D eigenvalue weighted by molar-refractivity contribution is -0.133. The largest absolute Gasteiger partial charge is 0.426 e. The van der Waals surface area contributed by atoms with Crippen LogP contribution in [0.5, 0.6) is 5.75 Å². The van der Waals surface area contributed by atoms with Crippen molar-refractivity contribution >= 4 is 16.0 Å². The molecule has 0 saturated carbocycles. The van der Waals surface area contributed by atoms with E-state index in [4.69, 9.17) is 4.74 Å². The number of carbonyl (C=O) groups excluding carboxylic acids is 1. The molecule has 0 atom stereocenters. The molecule has 0 aliphatic heterocycles. The SMILES string of the molecule is Cc1ccc(OC(=O)CNS(C)(=O)=O)cc1. The van der Waals surface area contributed by atoms with E-state index in [2.05, 4.69) is 4.72 Å². The molecular weight excluding hydrogens is 230 g/mol. The number of aryl methyl sites for hydroxylation is 1. The Morgan fingerprint density at radius 2 is 1.88 bits per heavy atom. The molecule has 6 heteroatoms. The zero-order chi connectivity index (χ0) is 12.2. The summed E-state index contributed by atoms with van der Waals surface area (Å²) in [5, 5.41) is 0. The molecule has 0 heterocycles. The second kappa shape index (κ2) is 5.09. The highest BCUT2D eigenvalue weighted by molar-refractivity contribution is 7.88. The van der Waals surface area contributed by atoms with Crippen molar-refractivity contribution in [1.29, 1.82) is 0 Å². The lowest BCUT2D eigenvalue weighted by Gasteiger charge is -2.04. The molecule has 1 N–H and O–H groups in total. The maximum atomic E-state index is 11.2. The molecule has 0 saturated heterocycles. The molecule has 0 spiro atoms. The third-order valence-electron chi connectivity index (χ3n) is 1.73. The quantitative estimate of drug-likeness (QED) is 0.615. The first-order valence-corrected chi connectivity index (χ1v) is 6.48. The van der Waals surface area contributed by atoms with Gasteiger partial charge in [0.15, 0.2) is 0 Å². The van der Waals surface area contributed by atoms with Crippen LogP contribution in [0.25, 0.3) is 0 Å². The van der Waals surface area contributed by atoms with Crippen LogP contribution in [-0.2, 0) is 14.8 Å². The van der Waals surface area contributed by atoms with Gasteiger partial charge in [-0.15, -0.1) is 0 Å². The standard InChI is InChI=1S/C10H13NO4S/c1-8-3-5-9(6-4-8)15-10(12)7-11-16(2,13)14/h3-6,11H,7H2,1-2H3. The Balaban J connectivity index is 2.49. The summed E-state index contributed by atoms with van der Waals surface area (Å²) >= 11 is 0. The first-order valence-electron chi connectivity index (χ1n) is 4.59. The second-order valence-corrected chi connectivity index (χ2v) is 5.21. The summed E-state index contributed by atoms with van der Waals surface area (Å²) in [6.07, 6.45) is 0.978. The van der Waals surface area contributed by atoms with Crippen molar-refractivity contribution in [3.05, 3.63) is 29.8 Å². The van der Waals surface area contributed by atoms with Crippen molar-refractivity contribution in [2.24, 2.45) is 0 Å². The second-order valence-electron chi connectivity index (χ2n) is 3.38. The predicted octanol–water partition coefficient (Wildman–Crippen LogP) is 0.450. The van der Waals surface area contributed by atoms with Gasteiger partial charge in [0.25, 0.3) is 0 Å². The van der Waals surface area contributed by atoms with Crippen molar-refractivity contribution in [3.63, 3.8) is 0 Å². The normalized spacial score (nSPS) is 11.1. The third kappa shape index (κ3) is 4.90. The van der Waals surface area contributed by atoms with Crippen LogP contribution in [0.4, 0.5) is 0 Å². The van der Waals surface area contributed by atoms with E-state index in [1.54, 1.807) is 24.3 Å². The minimum Gasteiger partial charge on any atom is -0.426 e. The van der Waals surface area contributed by atoms with Crippen LogP contribution in [0.2, 0.25) is 0 Å². The van der Waals surface area contributed by atoms with Crippen LogP contribution in [0.15, 0.2) is 24.3 Å². The predicted molar refractivity (Wildman–Crippen MR) is 59.7 cm³/mol. The highest BCUT2D eigenvalue weighted by Gasteiger charge is 2.08. The zero-order valence-corrected chi connectivity index (χ0v) is 9.87. The van der Waals surface area contributed by atoms with Crippen LogP contribution in [0.1, 0.15) is 5.56 Å². The van der Waals surface area contributed by atoms with Gasteiger partial charge in [0.05, 0.1) is 6.26 Å². The molecule has 1 rings (SSSR count). The molecule has 0 bridgehead atoms. The number of sulfonamides is 1. The van der Waals surface area contributed by atoms with Gasteiger partial charge >= 0.3 is 5.97 Å². The molecule has 0 fully saturated rings. The van der Waals surface area contributed by atoms with Gasteiger partial charge in [-0.3, -0.25) is 4.79 Å². The van der Waals surface area contributed by atoms with E-state index in [1.165, 1.54) is 0 Å². The van der Waals surface area contributed by atoms with E-state index >= 15 is 0 Å². The molecule has 1 aromatic rings. The Morgan fingerprint density at radius 1 is 1.31 bits per heavy atom. The fourth-order valence-electron chi connectivity index (χ4n) is 0.964. The van der Waals surface area contributed by atoms with Crippen molar-refractivity contribution in [2.75, 3.05) is 12.8 Å². The van der Waals surface area contributed by atoms with Gasteiger partial charge in [0.1, 0.15) is 12.3 Å². The molecule has 0 radical (unpaired) electrons. The summed E-state index contributed by atoms with van der Waals surface area (Å²) < 4.78 is 28.4. The smallest absolute Gasteiger partial charge is 0.326 e. The molecule has 0 aliphatic rings. The van der Waals surface area contributed by atoms with Gasteiger partial charge in [-0.05, 0) is 19.1 Å². The van der Waals surface area contributed by atoms with Gasteiger partial charge < -0.3 is 4.74 Å². The number of nitrogens with one attached hydrogen (secondary N) is 1. The monoisotopic (exact) mass is 243 g/mol. The number of ether oxygens (including phenoxy) is 1. The summed E-state index contributed by atoms with van der Waals surface area (Å²) in [4.78, 5) is 11.2. The summed E-state index contributed by atoms with van der Waals surface area (Å²) in [6, 6.07) is 6.89.